The summed E-state index contributed by atoms with van der Waals surface area (Å²) in [7, 11) is 0. The molecule has 0 radical (unpaired) electrons. The van der Waals surface area contributed by atoms with E-state index in [4.69, 9.17) is 4.74 Å². The minimum absolute atomic E-state index is 0.0545. The summed E-state index contributed by atoms with van der Waals surface area (Å²) in [4.78, 5) is 41.5. The predicted octanol–water partition coefficient (Wildman–Crippen LogP) is 2.45. The van der Waals surface area contributed by atoms with Gasteiger partial charge in [0.1, 0.15) is 5.75 Å². The van der Waals surface area contributed by atoms with E-state index in [9.17, 15) is 24.6 Å². The Kier molecular flexibility index (Phi) is 6.27. The van der Waals surface area contributed by atoms with Crippen molar-refractivity contribution in [2.75, 3.05) is 30.0 Å². The maximum atomic E-state index is 12.9. The van der Waals surface area contributed by atoms with Crippen LogP contribution >= 0.6 is 0 Å². The molecule has 3 aliphatic heterocycles. The predicted molar refractivity (Wildman–Crippen MR) is 133 cm³/mol. The molecule has 0 unspecified atom stereocenters. The maximum absolute atomic E-state index is 12.9. The Morgan fingerprint density at radius 1 is 1.28 bits per heavy atom. The number of para-hydroxylation sites is 2. The molecule has 0 spiro atoms. The smallest absolute Gasteiger partial charge is 0.269 e. The number of aliphatic hydroxyl groups is 2. The molecule has 0 bridgehead atoms. The zero-order valence-electron chi connectivity index (χ0n) is 20.0. The maximum Gasteiger partial charge on any atom is 0.269 e. The molecule has 1 saturated heterocycles. The van der Waals surface area contributed by atoms with Crippen molar-refractivity contribution in [1.29, 1.82) is 0 Å². The molecule has 3 atom stereocenters. The lowest BCUT2D eigenvalue weighted by atomic mass is 9.82. The van der Waals surface area contributed by atoms with Crippen LogP contribution in [0.5, 0.6) is 5.75 Å². The van der Waals surface area contributed by atoms with Crippen LogP contribution in [0.1, 0.15) is 31.7 Å². The molecule has 2 aromatic rings. The lowest BCUT2D eigenvalue weighted by Crippen LogP contribution is -2.40. The van der Waals surface area contributed by atoms with Gasteiger partial charge in [0.05, 0.1) is 18.3 Å². The van der Waals surface area contributed by atoms with Gasteiger partial charge >= 0.3 is 0 Å². The molecule has 3 N–H and O–H groups in total. The standard InChI is InChI=1S/C27H29N3O6/c1-17(6-4-10-24(32)29-13-5-7-19(29)15-31)27(35)20-14-18(11-12-21(20)28-26(27)34)30-22-8-2-3-9-23(22)36-16-25(30)33/h2-4,6,8-9,11-12,14,17,19,31,35H,5,7,10,13,15-16H2,1H3,(H,28,34)/b6-4+/t17-,19+,27+/m1/s1. The summed E-state index contributed by atoms with van der Waals surface area (Å²) in [5.74, 6) is -0.994. The van der Waals surface area contributed by atoms with Gasteiger partial charge in [0.25, 0.3) is 11.8 Å². The highest BCUT2D eigenvalue weighted by Crippen LogP contribution is 2.45. The minimum Gasteiger partial charge on any atom is -0.482 e. The fourth-order valence-electron chi connectivity index (χ4n) is 5.26. The lowest BCUT2D eigenvalue weighted by molar-refractivity contribution is -0.137. The van der Waals surface area contributed by atoms with Crippen LogP contribution in [0.15, 0.2) is 54.6 Å². The van der Waals surface area contributed by atoms with Crippen molar-refractivity contribution in [3.63, 3.8) is 0 Å². The van der Waals surface area contributed by atoms with Gasteiger partial charge in [0.2, 0.25) is 5.91 Å². The van der Waals surface area contributed by atoms with E-state index in [1.165, 1.54) is 4.90 Å². The Labute approximate surface area is 209 Å². The number of nitrogens with zero attached hydrogens (tertiary/aromatic N) is 2. The van der Waals surface area contributed by atoms with Gasteiger partial charge in [0, 0.05) is 35.8 Å². The molecule has 3 heterocycles. The number of aliphatic hydroxyl groups excluding tert-OH is 1. The first-order chi connectivity index (χ1) is 17.3. The van der Waals surface area contributed by atoms with Crippen molar-refractivity contribution in [2.24, 2.45) is 5.92 Å². The summed E-state index contributed by atoms with van der Waals surface area (Å²) < 4.78 is 5.53. The van der Waals surface area contributed by atoms with Gasteiger partial charge in [-0.2, -0.15) is 0 Å². The van der Waals surface area contributed by atoms with E-state index in [1.807, 2.05) is 12.1 Å². The Balaban J connectivity index is 1.40. The molecule has 0 aromatic heterocycles. The van der Waals surface area contributed by atoms with E-state index in [0.717, 1.165) is 12.8 Å². The number of hydrogen-bond donors (Lipinski definition) is 3. The monoisotopic (exact) mass is 491 g/mol. The van der Waals surface area contributed by atoms with E-state index in [0.29, 0.717) is 34.9 Å². The van der Waals surface area contributed by atoms with Crippen LogP contribution in [-0.4, -0.2) is 58.6 Å². The SMILES string of the molecule is C[C@H](/C=C/CC(=O)N1CCC[C@H]1CO)[C@@]1(O)C(=O)Nc2ccc(N3C(=O)COc4ccccc43)cc21. The highest BCUT2D eigenvalue weighted by molar-refractivity contribution is 6.08. The number of carbonyl (C=O) groups is 3. The number of carbonyl (C=O) groups excluding carboxylic acids is 3. The first-order valence-corrected chi connectivity index (χ1v) is 12.1. The van der Waals surface area contributed by atoms with Gasteiger partial charge in [-0.15, -0.1) is 0 Å². The van der Waals surface area contributed by atoms with Crippen LogP contribution in [0.2, 0.25) is 0 Å². The number of nitrogens with one attached hydrogen (secondary N) is 1. The number of ether oxygens (including phenoxy) is 1. The third-order valence-electron chi connectivity index (χ3n) is 7.26. The minimum atomic E-state index is -1.87. The van der Waals surface area contributed by atoms with Crippen molar-refractivity contribution in [3.8, 4) is 5.75 Å². The molecule has 188 valence electrons. The number of benzene rings is 2. The van der Waals surface area contributed by atoms with Crippen LogP contribution in [-0.2, 0) is 20.0 Å². The van der Waals surface area contributed by atoms with Crippen molar-refractivity contribution in [1.82, 2.24) is 4.90 Å². The second kappa shape index (κ2) is 9.40. The molecule has 5 rings (SSSR count). The number of amides is 3. The first kappa shape index (κ1) is 24.0. The largest absolute Gasteiger partial charge is 0.482 e. The van der Waals surface area contributed by atoms with Crippen LogP contribution in [0.4, 0.5) is 17.1 Å². The Bertz CT molecular complexity index is 1240. The molecule has 36 heavy (non-hydrogen) atoms. The van der Waals surface area contributed by atoms with Crippen LogP contribution in [0, 0.1) is 5.92 Å². The summed E-state index contributed by atoms with van der Waals surface area (Å²) in [6.45, 7) is 2.17. The van der Waals surface area contributed by atoms with Crippen molar-refractivity contribution in [3.05, 3.63) is 60.2 Å². The van der Waals surface area contributed by atoms with Crippen molar-refractivity contribution >= 4 is 34.8 Å². The van der Waals surface area contributed by atoms with Crippen LogP contribution < -0.4 is 15.0 Å². The van der Waals surface area contributed by atoms with Gasteiger partial charge in [-0.05, 0) is 43.2 Å². The quantitative estimate of drug-likeness (QED) is 0.534. The summed E-state index contributed by atoms with van der Waals surface area (Å²) in [5.41, 5.74) is 0.0644. The van der Waals surface area contributed by atoms with E-state index in [2.05, 4.69) is 5.32 Å². The molecule has 2 aromatic carbocycles. The number of anilines is 3. The van der Waals surface area contributed by atoms with Crippen molar-refractivity contribution in [2.45, 2.75) is 37.8 Å². The third-order valence-corrected chi connectivity index (χ3v) is 7.26. The van der Waals surface area contributed by atoms with Gasteiger partial charge in [-0.25, -0.2) is 0 Å². The van der Waals surface area contributed by atoms with E-state index in [1.54, 1.807) is 54.3 Å². The molecule has 9 nitrogen and oxygen atoms in total. The highest BCUT2D eigenvalue weighted by atomic mass is 16.5. The van der Waals surface area contributed by atoms with E-state index < -0.39 is 17.4 Å². The summed E-state index contributed by atoms with van der Waals surface area (Å²) in [6.07, 6.45) is 5.10. The third kappa shape index (κ3) is 3.94. The van der Waals surface area contributed by atoms with Crippen LogP contribution in [0.3, 0.4) is 0 Å². The average molecular weight is 492 g/mol. The Morgan fingerprint density at radius 2 is 2.08 bits per heavy atom. The normalized spacial score (nSPS) is 23.9. The molecule has 0 aliphatic carbocycles. The van der Waals surface area contributed by atoms with Gasteiger partial charge < -0.3 is 25.2 Å². The number of hydrogen-bond acceptors (Lipinski definition) is 6. The van der Waals surface area contributed by atoms with Crippen LogP contribution in [0.25, 0.3) is 0 Å². The number of likely N-dealkylation sites (tertiary alicyclic amines) is 1. The molecule has 0 saturated carbocycles. The molecular weight excluding hydrogens is 462 g/mol. The second-order valence-corrected chi connectivity index (χ2v) is 9.42. The molecule has 1 fully saturated rings. The average Bonchev–Trinajstić information content (AvgIpc) is 3.46. The van der Waals surface area contributed by atoms with E-state index >= 15 is 0 Å². The summed E-state index contributed by atoms with van der Waals surface area (Å²) in [5, 5.41) is 23.8. The topological polar surface area (TPSA) is 119 Å². The summed E-state index contributed by atoms with van der Waals surface area (Å²) in [6, 6.07) is 12.1. The molecule has 3 amide bonds. The first-order valence-electron chi connectivity index (χ1n) is 12.1. The molecule has 9 heteroatoms. The van der Waals surface area contributed by atoms with Crippen molar-refractivity contribution < 1.29 is 29.3 Å². The summed E-state index contributed by atoms with van der Waals surface area (Å²) >= 11 is 0. The van der Waals surface area contributed by atoms with Gasteiger partial charge in [0.15, 0.2) is 12.2 Å². The fourth-order valence-corrected chi connectivity index (χ4v) is 5.26. The second-order valence-electron chi connectivity index (χ2n) is 9.42. The lowest BCUT2D eigenvalue weighted by Gasteiger charge is -2.31. The zero-order chi connectivity index (χ0) is 25.4. The zero-order valence-corrected chi connectivity index (χ0v) is 20.0. The highest BCUT2D eigenvalue weighted by Gasteiger charge is 2.49. The Morgan fingerprint density at radius 3 is 2.89 bits per heavy atom. The Hall–Kier alpha value is -3.69. The fraction of sp³-hybridized carbons (Fsp3) is 0.370. The molecule has 3 aliphatic rings. The van der Waals surface area contributed by atoms with Gasteiger partial charge in [-0.3, -0.25) is 19.3 Å². The number of fused-ring (bicyclic) bond motifs is 2. The van der Waals surface area contributed by atoms with Gasteiger partial charge in [-0.1, -0.05) is 31.2 Å². The number of rotatable bonds is 6. The molecular formula is C27H29N3O6. The van der Waals surface area contributed by atoms with E-state index in [-0.39, 0.29) is 37.5 Å².